The normalized spacial score (nSPS) is 10.5. The maximum Gasteiger partial charge on any atom is 0.209 e. The molecule has 0 spiro atoms. The second-order valence-electron chi connectivity index (χ2n) is 3.82. The number of carbonyl (C=O) groups is 1. The van der Waals surface area contributed by atoms with Crippen LogP contribution in [0.4, 0.5) is 0 Å². The minimum absolute atomic E-state index is 0.0561. The molecule has 0 atom stereocenters. The minimum Gasteiger partial charge on any atom is -0.347 e. The van der Waals surface area contributed by atoms with Gasteiger partial charge in [0.2, 0.25) is 5.78 Å². The third-order valence-electron chi connectivity index (χ3n) is 2.72. The summed E-state index contributed by atoms with van der Waals surface area (Å²) in [6.45, 7) is 2.09. The second-order valence-corrected chi connectivity index (χ2v) is 4.67. The molecule has 0 saturated carbocycles. The van der Waals surface area contributed by atoms with Crippen LogP contribution in [-0.4, -0.2) is 17.0 Å². The number of nitrogens with one attached hydrogen (secondary N) is 1. The number of hydrogen-bond donors (Lipinski definition) is 1. The Hall–Kier alpha value is -1.48. The van der Waals surface area contributed by atoms with Crippen molar-refractivity contribution in [1.29, 1.82) is 0 Å². The average molecular weight is 245 g/mol. The van der Waals surface area contributed by atoms with Crippen LogP contribution in [0.15, 0.2) is 41.4 Å². The van der Waals surface area contributed by atoms with Crippen molar-refractivity contribution < 1.29 is 4.79 Å². The molecule has 0 amide bonds. The van der Waals surface area contributed by atoms with Gasteiger partial charge in [-0.3, -0.25) is 4.79 Å². The zero-order valence-electron chi connectivity index (χ0n) is 9.99. The van der Waals surface area contributed by atoms with Gasteiger partial charge < -0.3 is 4.98 Å². The number of hydrogen-bond acceptors (Lipinski definition) is 2. The standard InChI is InChI=1S/C14H15NOS/c1-3-10-5-4-6-11(9-10)14(16)12-7-8-13(15-12)17-2/h4-9,15H,3H2,1-2H3. The molecule has 0 aliphatic rings. The van der Waals surface area contributed by atoms with E-state index in [1.165, 1.54) is 5.56 Å². The zero-order valence-corrected chi connectivity index (χ0v) is 10.8. The fourth-order valence-corrected chi connectivity index (χ4v) is 2.13. The van der Waals surface area contributed by atoms with Crippen LogP contribution < -0.4 is 0 Å². The molecule has 0 unspecified atom stereocenters. The van der Waals surface area contributed by atoms with E-state index < -0.39 is 0 Å². The predicted molar refractivity (Wildman–Crippen MR) is 71.8 cm³/mol. The Bertz CT molecular complexity index is 531. The second kappa shape index (κ2) is 5.23. The van der Waals surface area contributed by atoms with Crippen molar-refractivity contribution in [2.24, 2.45) is 0 Å². The molecule has 0 bridgehead atoms. The zero-order chi connectivity index (χ0) is 12.3. The Morgan fingerprint density at radius 1 is 1.29 bits per heavy atom. The first-order valence-corrected chi connectivity index (χ1v) is 6.83. The molecule has 1 heterocycles. The Labute approximate surface area is 105 Å². The van der Waals surface area contributed by atoms with Crippen LogP contribution in [0.25, 0.3) is 0 Å². The summed E-state index contributed by atoms with van der Waals surface area (Å²) in [5, 5.41) is 1.01. The smallest absolute Gasteiger partial charge is 0.209 e. The number of rotatable bonds is 4. The van der Waals surface area contributed by atoms with Gasteiger partial charge in [-0.2, -0.15) is 0 Å². The number of ketones is 1. The van der Waals surface area contributed by atoms with Crippen molar-refractivity contribution in [3.8, 4) is 0 Å². The molecule has 1 aromatic heterocycles. The summed E-state index contributed by atoms with van der Waals surface area (Å²) in [5.41, 5.74) is 2.59. The van der Waals surface area contributed by atoms with Crippen molar-refractivity contribution in [2.75, 3.05) is 6.26 Å². The Morgan fingerprint density at radius 2 is 2.12 bits per heavy atom. The van der Waals surface area contributed by atoms with Gasteiger partial charge in [-0.15, -0.1) is 11.8 Å². The van der Waals surface area contributed by atoms with Crippen molar-refractivity contribution in [1.82, 2.24) is 4.98 Å². The molecule has 3 heteroatoms. The Balaban J connectivity index is 2.29. The highest BCUT2D eigenvalue weighted by molar-refractivity contribution is 7.98. The molecular weight excluding hydrogens is 230 g/mol. The first-order chi connectivity index (χ1) is 8.24. The first-order valence-electron chi connectivity index (χ1n) is 5.61. The molecule has 0 aliphatic carbocycles. The van der Waals surface area contributed by atoms with Gasteiger partial charge in [0, 0.05) is 5.56 Å². The van der Waals surface area contributed by atoms with Crippen LogP contribution in [0.2, 0.25) is 0 Å². The van der Waals surface area contributed by atoms with Crippen LogP contribution in [0, 0.1) is 0 Å². The third-order valence-corrected chi connectivity index (χ3v) is 3.40. The average Bonchev–Trinajstić information content (AvgIpc) is 2.86. The van der Waals surface area contributed by atoms with E-state index in [1.54, 1.807) is 11.8 Å². The highest BCUT2D eigenvalue weighted by atomic mass is 32.2. The van der Waals surface area contributed by atoms with Crippen LogP contribution >= 0.6 is 11.8 Å². The third kappa shape index (κ3) is 2.61. The van der Waals surface area contributed by atoms with E-state index in [9.17, 15) is 4.79 Å². The van der Waals surface area contributed by atoms with Gasteiger partial charge in [0.1, 0.15) is 0 Å². The quantitative estimate of drug-likeness (QED) is 0.660. The maximum atomic E-state index is 12.2. The molecule has 0 radical (unpaired) electrons. The van der Waals surface area contributed by atoms with Gasteiger partial charge in [0.05, 0.1) is 10.7 Å². The minimum atomic E-state index is 0.0561. The fraction of sp³-hybridized carbons (Fsp3) is 0.214. The molecule has 0 saturated heterocycles. The number of H-pyrrole nitrogens is 1. The topological polar surface area (TPSA) is 32.9 Å². The molecule has 0 fully saturated rings. The number of aryl methyl sites for hydroxylation is 1. The number of carbonyl (C=O) groups excluding carboxylic acids is 1. The number of aromatic nitrogens is 1. The van der Waals surface area contributed by atoms with Crippen LogP contribution in [-0.2, 0) is 6.42 Å². The molecule has 0 aliphatic heterocycles. The number of aromatic amines is 1. The summed E-state index contributed by atoms with van der Waals surface area (Å²) in [7, 11) is 0. The van der Waals surface area contributed by atoms with E-state index >= 15 is 0 Å². The molecule has 1 N–H and O–H groups in total. The van der Waals surface area contributed by atoms with Crippen molar-refractivity contribution in [3.63, 3.8) is 0 Å². The molecular formula is C14H15NOS. The van der Waals surface area contributed by atoms with Gasteiger partial charge in [-0.1, -0.05) is 25.1 Å². The molecule has 2 rings (SSSR count). The molecule has 17 heavy (non-hydrogen) atoms. The van der Waals surface area contributed by atoms with Gasteiger partial charge in [0.25, 0.3) is 0 Å². The van der Waals surface area contributed by atoms with Gasteiger partial charge in [-0.05, 0) is 36.4 Å². The Kier molecular flexibility index (Phi) is 3.69. The van der Waals surface area contributed by atoms with Crippen molar-refractivity contribution in [3.05, 3.63) is 53.2 Å². The Morgan fingerprint density at radius 3 is 2.76 bits per heavy atom. The first kappa shape index (κ1) is 12.0. The van der Waals surface area contributed by atoms with Crippen LogP contribution in [0.1, 0.15) is 28.5 Å². The van der Waals surface area contributed by atoms with Crippen LogP contribution in [0.3, 0.4) is 0 Å². The van der Waals surface area contributed by atoms with E-state index in [1.807, 2.05) is 42.7 Å². The maximum absolute atomic E-state index is 12.2. The SMILES string of the molecule is CCc1cccc(C(=O)c2ccc(SC)[nH]2)c1. The van der Waals surface area contributed by atoms with E-state index in [-0.39, 0.29) is 5.78 Å². The number of benzene rings is 1. The summed E-state index contributed by atoms with van der Waals surface area (Å²) in [6, 6.07) is 11.6. The van der Waals surface area contributed by atoms with Crippen molar-refractivity contribution >= 4 is 17.5 Å². The monoisotopic (exact) mass is 245 g/mol. The lowest BCUT2D eigenvalue weighted by molar-refractivity contribution is 0.103. The lowest BCUT2D eigenvalue weighted by Crippen LogP contribution is -2.02. The largest absolute Gasteiger partial charge is 0.347 e. The van der Waals surface area contributed by atoms with Crippen LogP contribution in [0.5, 0.6) is 0 Å². The molecule has 2 nitrogen and oxygen atoms in total. The van der Waals surface area contributed by atoms with Gasteiger partial charge in [-0.25, -0.2) is 0 Å². The molecule has 1 aromatic carbocycles. The van der Waals surface area contributed by atoms with E-state index in [4.69, 9.17) is 0 Å². The van der Waals surface area contributed by atoms with E-state index in [2.05, 4.69) is 11.9 Å². The summed E-state index contributed by atoms with van der Waals surface area (Å²) < 4.78 is 0. The number of thioether (sulfide) groups is 1. The highest BCUT2D eigenvalue weighted by Gasteiger charge is 2.11. The van der Waals surface area contributed by atoms with E-state index in [0.29, 0.717) is 5.69 Å². The molecule has 2 aromatic rings. The van der Waals surface area contributed by atoms with Crippen molar-refractivity contribution in [2.45, 2.75) is 18.4 Å². The van der Waals surface area contributed by atoms with Gasteiger partial charge in [0.15, 0.2) is 0 Å². The summed E-state index contributed by atoms with van der Waals surface area (Å²) in [6.07, 6.45) is 2.93. The highest BCUT2D eigenvalue weighted by Crippen LogP contribution is 2.16. The summed E-state index contributed by atoms with van der Waals surface area (Å²) in [4.78, 5) is 15.3. The predicted octanol–water partition coefficient (Wildman–Crippen LogP) is 3.53. The lowest BCUT2D eigenvalue weighted by Gasteiger charge is -2.01. The summed E-state index contributed by atoms with van der Waals surface area (Å²) >= 11 is 1.60. The van der Waals surface area contributed by atoms with Gasteiger partial charge >= 0.3 is 0 Å². The lowest BCUT2D eigenvalue weighted by atomic mass is 10.0. The fourth-order valence-electron chi connectivity index (χ4n) is 1.71. The van der Waals surface area contributed by atoms with E-state index in [0.717, 1.165) is 17.0 Å². The molecule has 88 valence electrons. The summed E-state index contributed by atoms with van der Waals surface area (Å²) in [5.74, 6) is 0.0561.